The Bertz CT molecular complexity index is 878. The molecule has 0 aromatic carbocycles. The summed E-state index contributed by atoms with van der Waals surface area (Å²) in [5, 5.41) is 6.78. The van der Waals surface area contributed by atoms with Gasteiger partial charge in [0.1, 0.15) is 10.9 Å². The second-order valence-corrected chi connectivity index (χ2v) is 13.0. The van der Waals surface area contributed by atoms with Crippen molar-refractivity contribution in [3.63, 3.8) is 0 Å². The minimum atomic E-state index is -2.64. The van der Waals surface area contributed by atoms with E-state index >= 15 is 0 Å². The number of rotatable bonds is 12. The molecular formula is C23H39ClF2N5OPS2. The third-order valence-corrected chi connectivity index (χ3v) is 9.37. The number of alkyl halides is 2. The van der Waals surface area contributed by atoms with E-state index in [4.69, 9.17) is 30.0 Å². The Hall–Kier alpha value is -0.450. The minimum Gasteiger partial charge on any atom is -0.773 e. The molecule has 2 heterocycles. The first kappa shape index (κ1) is 30.8. The third kappa shape index (κ3) is 8.82. The molecular weight excluding hydrogens is 531 g/mol. The van der Waals surface area contributed by atoms with E-state index in [1.54, 1.807) is 0 Å². The van der Waals surface area contributed by atoms with Gasteiger partial charge in [-0.15, -0.1) is 0 Å². The van der Waals surface area contributed by atoms with Crippen molar-refractivity contribution in [2.75, 3.05) is 33.4 Å². The lowest BCUT2D eigenvalue weighted by Crippen LogP contribution is -2.36. The normalized spacial score (nSPS) is 26.4. The van der Waals surface area contributed by atoms with Gasteiger partial charge in [0.15, 0.2) is 20.7 Å². The molecule has 0 amide bonds. The number of likely N-dealkylation sites (N-methyl/N-ethyl adjacent to an activating group) is 1. The van der Waals surface area contributed by atoms with Gasteiger partial charge in [0, 0.05) is 16.6 Å². The zero-order valence-corrected chi connectivity index (χ0v) is 24.5. The van der Waals surface area contributed by atoms with Gasteiger partial charge >= 0.3 is 0 Å². The maximum atomic E-state index is 13.2. The first-order chi connectivity index (χ1) is 16.5. The molecule has 1 saturated heterocycles. The van der Waals surface area contributed by atoms with E-state index in [2.05, 4.69) is 24.3 Å². The number of hydrogen-bond acceptors (Lipinski definition) is 7. The summed E-state index contributed by atoms with van der Waals surface area (Å²) >= 11 is 12.7. The van der Waals surface area contributed by atoms with Gasteiger partial charge in [-0.3, -0.25) is 14.5 Å². The fraction of sp³-hybridized carbons (Fsp3) is 0.652. The highest BCUT2D eigenvalue weighted by Gasteiger charge is 2.49. The topological polar surface area (TPSA) is 73.5 Å². The predicted octanol–water partition coefficient (Wildman–Crippen LogP) is 5.39. The lowest BCUT2D eigenvalue weighted by Gasteiger charge is -2.32. The van der Waals surface area contributed by atoms with E-state index in [1.165, 1.54) is 11.4 Å². The molecule has 3 rings (SSSR count). The quantitative estimate of drug-likeness (QED) is 0.0627. The summed E-state index contributed by atoms with van der Waals surface area (Å²) in [6.45, 7) is 10.8. The molecule has 200 valence electrons. The van der Waals surface area contributed by atoms with E-state index in [0.29, 0.717) is 29.1 Å². The molecule has 1 aliphatic carbocycles. The van der Waals surface area contributed by atoms with E-state index < -0.39 is 13.9 Å². The Morgan fingerprint density at radius 3 is 2.63 bits per heavy atom. The van der Waals surface area contributed by atoms with Gasteiger partial charge in [0.2, 0.25) is 6.43 Å². The molecule has 2 atom stereocenters. The Labute approximate surface area is 224 Å². The van der Waals surface area contributed by atoms with Crippen molar-refractivity contribution in [3.05, 3.63) is 44.2 Å². The summed E-state index contributed by atoms with van der Waals surface area (Å²) < 4.78 is 26.6. The first-order valence-corrected chi connectivity index (χ1v) is 15.5. The number of quaternary nitrogens is 1. The fourth-order valence-corrected chi connectivity index (χ4v) is 7.30. The second kappa shape index (κ2) is 13.4. The van der Waals surface area contributed by atoms with Crippen LogP contribution in [0.5, 0.6) is 0 Å². The Morgan fingerprint density at radius 2 is 2.09 bits per heavy atom. The maximum Gasteiger partial charge on any atom is 0.245 e. The first-order valence-electron chi connectivity index (χ1n) is 12.0. The zero-order chi connectivity index (χ0) is 26.4. The molecule has 0 spiro atoms. The Kier molecular flexibility index (Phi) is 11.8. The van der Waals surface area contributed by atoms with Crippen LogP contribution in [0.25, 0.3) is 0 Å². The number of allylic oxidation sites excluding steroid dienone is 3. The number of nitrogens with two attached hydrogens (primary N) is 1. The number of halogens is 3. The van der Waals surface area contributed by atoms with Crippen LogP contribution in [0.2, 0.25) is 0 Å². The van der Waals surface area contributed by atoms with Crippen molar-refractivity contribution in [1.82, 2.24) is 15.3 Å². The summed E-state index contributed by atoms with van der Waals surface area (Å²) in [7, 11) is 0.423. The van der Waals surface area contributed by atoms with Gasteiger partial charge in [-0.25, -0.2) is 8.78 Å². The highest BCUT2D eigenvalue weighted by molar-refractivity contribution is 8.55. The van der Waals surface area contributed by atoms with Crippen LogP contribution in [-0.4, -0.2) is 59.6 Å². The van der Waals surface area contributed by atoms with Crippen LogP contribution < -0.4 is 16.1 Å². The van der Waals surface area contributed by atoms with E-state index in [9.17, 15) is 13.7 Å². The van der Waals surface area contributed by atoms with Gasteiger partial charge in [0.25, 0.3) is 0 Å². The maximum absolute atomic E-state index is 13.2. The van der Waals surface area contributed by atoms with Crippen LogP contribution in [0.1, 0.15) is 53.4 Å². The lowest BCUT2D eigenvalue weighted by atomic mass is 10.0. The van der Waals surface area contributed by atoms with Crippen molar-refractivity contribution in [2.45, 2.75) is 65.3 Å². The average Bonchev–Trinajstić information content (AvgIpc) is 3.68. The molecule has 2 unspecified atom stereocenters. The molecule has 0 aromatic heterocycles. The van der Waals surface area contributed by atoms with Gasteiger partial charge in [0.05, 0.1) is 12.7 Å². The second-order valence-electron chi connectivity index (χ2n) is 9.17. The predicted molar refractivity (Wildman–Crippen MR) is 148 cm³/mol. The number of hydrogen-bond donors (Lipinski definition) is 4. The van der Waals surface area contributed by atoms with Crippen LogP contribution in [0.4, 0.5) is 8.78 Å². The zero-order valence-electron chi connectivity index (χ0n) is 21.2. The molecule has 0 bridgehead atoms. The van der Waals surface area contributed by atoms with Crippen LogP contribution in [0.3, 0.4) is 0 Å². The molecule has 1 saturated carbocycles. The molecule has 0 aromatic rings. The van der Waals surface area contributed by atoms with Crippen LogP contribution >= 0.6 is 30.5 Å². The molecule has 0 radical (unpaired) electrons. The minimum absolute atomic E-state index is 0.0135. The van der Waals surface area contributed by atoms with Gasteiger partial charge < -0.3 is 28.6 Å². The molecule has 6 nitrogen and oxygen atoms in total. The third-order valence-electron chi connectivity index (χ3n) is 6.02. The highest BCUT2D eigenvalue weighted by Crippen LogP contribution is 2.54. The van der Waals surface area contributed by atoms with Crippen molar-refractivity contribution in [2.24, 2.45) is 5.73 Å². The molecule has 3 aliphatic rings. The van der Waals surface area contributed by atoms with Crippen molar-refractivity contribution >= 4 is 43.1 Å². The summed E-state index contributed by atoms with van der Waals surface area (Å²) in [5.74, 6) is 0. The van der Waals surface area contributed by atoms with Gasteiger partial charge in [-0.05, 0) is 57.3 Å². The smallest absolute Gasteiger partial charge is 0.245 e. The number of nitrogens with one attached hydrogen (secondary N) is 2. The average molecular weight is 570 g/mol. The van der Waals surface area contributed by atoms with Crippen molar-refractivity contribution < 1.29 is 18.2 Å². The fourth-order valence-electron chi connectivity index (χ4n) is 3.79. The van der Waals surface area contributed by atoms with Crippen molar-refractivity contribution in [3.8, 4) is 0 Å². The van der Waals surface area contributed by atoms with E-state index in [0.717, 1.165) is 49.3 Å². The summed E-state index contributed by atoms with van der Waals surface area (Å²) in [6.07, 6.45) is 5.03. The largest absolute Gasteiger partial charge is 0.773 e. The SMILES string of the molecule is CC.CCNCCCC1=CC(SP(O)NC2(C)CC2)=CN(C[N+]2(C)C/C2=C(/[S-])C(F)F)/C1=C(\N)Cl. The standard InChI is InChI=1S/C21H33ClF2N5OPS2.C2H6/c1-4-26-9-5-6-14-10-15(33-31(30)27-21(2)7-8-21)11-28(17(14)19(22)25)13-29(3)12-16(29)18(32)20(23)24;1-2/h10-11,20,26-27,30H,4-9,12-13,25H2,1-3H3;1-2H3/b18-16-,19-17-;. The van der Waals surface area contributed by atoms with Crippen LogP contribution in [0, 0.1) is 0 Å². The number of nitrogens with zero attached hydrogens (tertiary/aromatic N) is 2. The van der Waals surface area contributed by atoms with Crippen molar-refractivity contribution in [1.29, 1.82) is 0 Å². The molecule has 5 N–H and O–H groups in total. The summed E-state index contributed by atoms with van der Waals surface area (Å²) in [5.41, 5.74) is 8.33. The molecule has 2 fully saturated rings. The van der Waals surface area contributed by atoms with Crippen LogP contribution in [-0.2, 0) is 12.6 Å². The summed E-state index contributed by atoms with van der Waals surface area (Å²) in [6, 6.07) is 0. The van der Waals surface area contributed by atoms with E-state index in [1.807, 2.05) is 38.1 Å². The molecule has 35 heavy (non-hydrogen) atoms. The summed E-state index contributed by atoms with van der Waals surface area (Å²) in [4.78, 5) is 13.2. The lowest BCUT2D eigenvalue weighted by molar-refractivity contribution is -0.768. The van der Waals surface area contributed by atoms with Crippen LogP contribution in [0.15, 0.2) is 44.2 Å². The van der Waals surface area contributed by atoms with Gasteiger partial charge in [-0.2, -0.15) is 0 Å². The molecule has 12 heteroatoms. The monoisotopic (exact) mass is 569 g/mol. The Balaban J connectivity index is 0.00000210. The highest BCUT2D eigenvalue weighted by atomic mass is 35.5. The Morgan fingerprint density at radius 1 is 1.43 bits per heavy atom. The van der Waals surface area contributed by atoms with Gasteiger partial charge in [-0.1, -0.05) is 48.7 Å². The molecule has 2 aliphatic heterocycles. The van der Waals surface area contributed by atoms with E-state index in [-0.39, 0.29) is 15.6 Å².